The fraction of sp³-hybridized carbons (Fsp3) is 0.871. The zero-order valence-electron chi connectivity index (χ0n) is 45.6. The van der Waals surface area contributed by atoms with Gasteiger partial charge in [0.15, 0.2) is 0 Å². The number of esters is 1. The maximum atomic E-state index is 12.5. The Labute approximate surface area is 424 Å². The molecular formula is C62H117NO5. The molecule has 3 N–H and O–H groups in total. The summed E-state index contributed by atoms with van der Waals surface area (Å²) in [5, 5.41) is 23.4. The summed E-state index contributed by atoms with van der Waals surface area (Å²) in [6.07, 6.45) is 71.4. The second-order valence-corrected chi connectivity index (χ2v) is 20.7. The van der Waals surface area contributed by atoms with Crippen molar-refractivity contribution >= 4 is 11.9 Å². The Balaban J connectivity index is 3.50. The fourth-order valence-corrected chi connectivity index (χ4v) is 9.25. The van der Waals surface area contributed by atoms with Crippen molar-refractivity contribution in [3.63, 3.8) is 0 Å². The third-order valence-electron chi connectivity index (χ3n) is 13.9. The van der Waals surface area contributed by atoms with Gasteiger partial charge in [-0.25, -0.2) is 0 Å². The van der Waals surface area contributed by atoms with Crippen LogP contribution in [0.2, 0.25) is 0 Å². The number of rotatable bonds is 56. The van der Waals surface area contributed by atoms with Crippen LogP contribution in [-0.4, -0.2) is 47.4 Å². The molecule has 68 heavy (non-hydrogen) atoms. The van der Waals surface area contributed by atoms with Gasteiger partial charge in [-0.3, -0.25) is 9.59 Å². The highest BCUT2D eigenvalue weighted by atomic mass is 16.5. The average molecular weight is 957 g/mol. The molecule has 0 aliphatic rings. The van der Waals surface area contributed by atoms with Gasteiger partial charge in [0.25, 0.3) is 0 Å². The molecule has 0 rings (SSSR count). The number of amides is 1. The fourth-order valence-electron chi connectivity index (χ4n) is 9.25. The van der Waals surface area contributed by atoms with Gasteiger partial charge < -0.3 is 20.3 Å². The monoisotopic (exact) mass is 956 g/mol. The van der Waals surface area contributed by atoms with Gasteiger partial charge in [-0.2, -0.15) is 0 Å². The Kier molecular flexibility index (Phi) is 56.0. The Hall–Kier alpha value is -1.92. The molecule has 6 nitrogen and oxygen atoms in total. The number of carbonyl (C=O) groups is 2. The van der Waals surface area contributed by atoms with Crippen LogP contribution >= 0.6 is 0 Å². The maximum absolute atomic E-state index is 12.5. The molecule has 0 aliphatic carbocycles. The molecule has 0 saturated heterocycles. The highest BCUT2D eigenvalue weighted by Gasteiger charge is 2.20. The molecule has 0 aromatic carbocycles. The summed E-state index contributed by atoms with van der Waals surface area (Å²) in [6.45, 7) is 4.88. The van der Waals surface area contributed by atoms with Crippen molar-refractivity contribution in [2.45, 2.75) is 334 Å². The van der Waals surface area contributed by atoms with E-state index < -0.39 is 12.1 Å². The lowest BCUT2D eigenvalue weighted by molar-refractivity contribution is -0.143. The standard InChI is InChI=1S/C62H117NO5/c1-3-5-7-9-11-13-15-17-19-20-21-22-23-24-25-26-27-29-30-34-38-42-46-50-54-60(65)59(58-64)63-61(66)55-51-47-43-39-35-32-33-37-41-45-49-53-57-68-62(67)56-52-48-44-40-36-31-28-18-16-14-12-10-8-6-4-2/h12,14,18,28,33,37,59-60,64-65H,3-11,13,15-17,19-27,29-32,34-36,38-58H2,1-2H3,(H,63,66)/b14-12-,28-18-,37-33-. The smallest absolute Gasteiger partial charge is 0.305 e. The lowest BCUT2D eigenvalue weighted by Crippen LogP contribution is -2.45. The van der Waals surface area contributed by atoms with Crippen LogP contribution in [0.3, 0.4) is 0 Å². The van der Waals surface area contributed by atoms with Gasteiger partial charge in [0.1, 0.15) is 0 Å². The lowest BCUT2D eigenvalue weighted by atomic mass is 10.0. The average Bonchev–Trinajstić information content (AvgIpc) is 3.34. The first-order valence-electron chi connectivity index (χ1n) is 30.2. The summed E-state index contributed by atoms with van der Waals surface area (Å²) in [7, 11) is 0. The molecule has 2 unspecified atom stereocenters. The predicted molar refractivity (Wildman–Crippen MR) is 296 cm³/mol. The molecule has 0 bridgehead atoms. The first-order chi connectivity index (χ1) is 33.5. The van der Waals surface area contributed by atoms with Crippen molar-refractivity contribution in [1.29, 1.82) is 0 Å². The lowest BCUT2D eigenvalue weighted by Gasteiger charge is -2.22. The Morgan fingerprint density at radius 1 is 0.412 bits per heavy atom. The first-order valence-corrected chi connectivity index (χ1v) is 30.2. The van der Waals surface area contributed by atoms with Crippen LogP contribution in [0.15, 0.2) is 36.5 Å². The number of aliphatic hydroxyl groups is 2. The van der Waals surface area contributed by atoms with Crippen LogP contribution in [0, 0.1) is 0 Å². The number of nitrogens with one attached hydrogen (secondary N) is 1. The third-order valence-corrected chi connectivity index (χ3v) is 13.9. The van der Waals surface area contributed by atoms with Crippen molar-refractivity contribution in [2.75, 3.05) is 13.2 Å². The van der Waals surface area contributed by atoms with E-state index in [0.29, 0.717) is 25.9 Å². The normalized spacial score (nSPS) is 12.8. The number of allylic oxidation sites excluding steroid dienone is 6. The SMILES string of the molecule is CCCCC/C=C\C/C=C\CCCCCCCC(=O)OCCCCC/C=C\CCCCCCCC(=O)NC(CO)C(O)CCCCCCCCCCCCCCCCCCCCCCCCCC. The van der Waals surface area contributed by atoms with Crippen LogP contribution in [0.5, 0.6) is 0 Å². The topological polar surface area (TPSA) is 95.9 Å². The van der Waals surface area contributed by atoms with Crippen LogP contribution in [-0.2, 0) is 14.3 Å². The first kappa shape index (κ1) is 66.1. The van der Waals surface area contributed by atoms with E-state index in [2.05, 4.69) is 55.6 Å². The maximum Gasteiger partial charge on any atom is 0.305 e. The highest BCUT2D eigenvalue weighted by molar-refractivity contribution is 5.76. The van der Waals surface area contributed by atoms with Crippen LogP contribution in [0.4, 0.5) is 0 Å². The predicted octanol–water partition coefficient (Wildman–Crippen LogP) is 18.8. The second kappa shape index (κ2) is 57.7. The molecule has 400 valence electrons. The molecule has 6 heteroatoms. The quantitative estimate of drug-likeness (QED) is 0.0321. The molecule has 0 aliphatic heterocycles. The minimum Gasteiger partial charge on any atom is -0.466 e. The van der Waals surface area contributed by atoms with Crippen molar-refractivity contribution in [3.8, 4) is 0 Å². The van der Waals surface area contributed by atoms with E-state index in [1.807, 2.05) is 0 Å². The van der Waals surface area contributed by atoms with Crippen LogP contribution < -0.4 is 5.32 Å². The molecule has 0 aromatic heterocycles. The van der Waals surface area contributed by atoms with Gasteiger partial charge in [0.05, 0.1) is 25.4 Å². The number of aliphatic hydroxyl groups excluding tert-OH is 2. The largest absolute Gasteiger partial charge is 0.466 e. The summed E-state index contributed by atoms with van der Waals surface area (Å²) >= 11 is 0. The van der Waals surface area contributed by atoms with Gasteiger partial charge >= 0.3 is 5.97 Å². The third kappa shape index (κ3) is 53.4. The van der Waals surface area contributed by atoms with Gasteiger partial charge in [-0.05, 0) is 89.9 Å². The van der Waals surface area contributed by atoms with Crippen molar-refractivity contribution in [2.24, 2.45) is 0 Å². The highest BCUT2D eigenvalue weighted by Crippen LogP contribution is 2.17. The Morgan fingerprint density at radius 3 is 1.16 bits per heavy atom. The number of carbonyl (C=O) groups excluding carboxylic acids is 2. The van der Waals surface area contributed by atoms with E-state index in [9.17, 15) is 19.8 Å². The van der Waals surface area contributed by atoms with Crippen molar-refractivity contribution < 1.29 is 24.5 Å². The van der Waals surface area contributed by atoms with Crippen LogP contribution in [0.1, 0.15) is 322 Å². The number of unbranched alkanes of at least 4 members (excludes halogenated alkanes) is 39. The molecule has 0 saturated carbocycles. The van der Waals surface area contributed by atoms with Crippen LogP contribution in [0.25, 0.3) is 0 Å². The number of hydrogen-bond donors (Lipinski definition) is 3. The van der Waals surface area contributed by atoms with E-state index in [0.717, 1.165) is 89.9 Å². The molecule has 0 fully saturated rings. The summed E-state index contributed by atoms with van der Waals surface area (Å²) in [6, 6.07) is -0.563. The van der Waals surface area contributed by atoms with Gasteiger partial charge in [0, 0.05) is 12.8 Å². The van der Waals surface area contributed by atoms with E-state index >= 15 is 0 Å². The second-order valence-electron chi connectivity index (χ2n) is 20.7. The molecule has 0 aromatic rings. The zero-order chi connectivity index (χ0) is 49.3. The Bertz CT molecular complexity index is 1100. The number of ether oxygens (including phenoxy) is 1. The summed E-state index contributed by atoms with van der Waals surface area (Å²) < 4.78 is 5.45. The minimum atomic E-state index is -0.683. The Morgan fingerprint density at radius 2 is 0.735 bits per heavy atom. The molecular weight excluding hydrogens is 839 g/mol. The van der Waals surface area contributed by atoms with E-state index in [1.165, 1.54) is 199 Å². The molecule has 0 radical (unpaired) electrons. The number of hydrogen-bond acceptors (Lipinski definition) is 5. The van der Waals surface area contributed by atoms with E-state index in [-0.39, 0.29) is 18.5 Å². The molecule has 0 heterocycles. The minimum absolute atomic E-state index is 0.0361. The summed E-state index contributed by atoms with van der Waals surface area (Å²) in [5.74, 6) is -0.0952. The van der Waals surface area contributed by atoms with Gasteiger partial charge in [0.2, 0.25) is 5.91 Å². The summed E-state index contributed by atoms with van der Waals surface area (Å²) in [4.78, 5) is 24.6. The zero-order valence-corrected chi connectivity index (χ0v) is 45.6. The van der Waals surface area contributed by atoms with Gasteiger partial charge in [-0.1, -0.05) is 256 Å². The van der Waals surface area contributed by atoms with Gasteiger partial charge in [-0.15, -0.1) is 0 Å². The summed E-state index contributed by atoms with van der Waals surface area (Å²) in [5.41, 5.74) is 0. The van der Waals surface area contributed by atoms with E-state index in [1.54, 1.807) is 0 Å². The van der Waals surface area contributed by atoms with Crippen molar-refractivity contribution in [3.05, 3.63) is 36.5 Å². The molecule has 0 spiro atoms. The van der Waals surface area contributed by atoms with E-state index in [4.69, 9.17) is 4.74 Å². The molecule has 1 amide bonds. The van der Waals surface area contributed by atoms with Crippen molar-refractivity contribution in [1.82, 2.24) is 5.32 Å². The molecule has 2 atom stereocenters.